The third-order valence-corrected chi connectivity index (χ3v) is 5.68. The number of Topliss-reactive ketones (excluding diaryl/α,β-unsaturated/α-hetero) is 1. The second kappa shape index (κ2) is 5.51. The molecule has 3 rings (SSSR count). The van der Waals surface area contributed by atoms with E-state index in [0.29, 0.717) is 23.1 Å². The van der Waals surface area contributed by atoms with Crippen molar-refractivity contribution in [3.8, 4) is 0 Å². The number of fused-ring (bicyclic) bond motifs is 2. The first kappa shape index (κ1) is 14.1. The van der Waals surface area contributed by atoms with Gasteiger partial charge < -0.3 is 0 Å². The first-order valence-corrected chi connectivity index (χ1v) is 8.18. The van der Waals surface area contributed by atoms with Gasteiger partial charge in [0.25, 0.3) is 0 Å². The van der Waals surface area contributed by atoms with Crippen LogP contribution in [0.25, 0.3) is 0 Å². The Kier molecular flexibility index (Phi) is 3.89. The Balaban J connectivity index is 1.63. The summed E-state index contributed by atoms with van der Waals surface area (Å²) in [6, 6.07) is 0. The molecule has 1 aromatic heterocycles. The van der Waals surface area contributed by atoms with Gasteiger partial charge in [-0.25, -0.2) is 0 Å². The van der Waals surface area contributed by atoms with Crippen molar-refractivity contribution in [3.63, 3.8) is 0 Å². The highest BCUT2D eigenvalue weighted by Crippen LogP contribution is 2.49. The van der Waals surface area contributed by atoms with E-state index in [-0.39, 0.29) is 0 Å². The van der Waals surface area contributed by atoms with Gasteiger partial charge in [-0.1, -0.05) is 24.9 Å². The first-order chi connectivity index (χ1) is 9.58. The lowest BCUT2D eigenvalue weighted by atomic mass is 9.84. The summed E-state index contributed by atoms with van der Waals surface area (Å²) in [5, 5.41) is 5.08. The summed E-state index contributed by atoms with van der Waals surface area (Å²) in [5.41, 5.74) is 1.79. The largest absolute Gasteiger partial charge is 0.299 e. The molecule has 1 aromatic rings. The molecule has 0 spiro atoms. The molecular weight excluding hydrogens is 272 g/mol. The van der Waals surface area contributed by atoms with E-state index in [1.54, 1.807) is 4.68 Å². The SMILES string of the molecule is CCc1nn(C)c(CC(=O)CC2CC3CCC2C3)c1Cl. The Morgan fingerprint density at radius 1 is 1.40 bits per heavy atom. The number of carbonyl (C=O) groups is 1. The minimum absolute atomic E-state index is 0.329. The molecule has 3 unspecified atom stereocenters. The lowest BCUT2D eigenvalue weighted by Gasteiger charge is -2.20. The van der Waals surface area contributed by atoms with Crippen LogP contribution in [0.5, 0.6) is 0 Å². The zero-order chi connectivity index (χ0) is 14.3. The van der Waals surface area contributed by atoms with Crippen LogP contribution in [-0.2, 0) is 24.7 Å². The van der Waals surface area contributed by atoms with Crippen LogP contribution in [0.1, 0.15) is 50.4 Å². The lowest BCUT2D eigenvalue weighted by Crippen LogP contribution is -2.17. The van der Waals surface area contributed by atoms with E-state index >= 15 is 0 Å². The van der Waals surface area contributed by atoms with Gasteiger partial charge in [-0.05, 0) is 43.4 Å². The molecule has 2 aliphatic rings. The number of hydrogen-bond acceptors (Lipinski definition) is 2. The summed E-state index contributed by atoms with van der Waals surface area (Å²) in [6.07, 6.45) is 7.37. The Labute approximate surface area is 125 Å². The zero-order valence-corrected chi connectivity index (χ0v) is 13.1. The molecule has 0 N–H and O–H groups in total. The Hall–Kier alpha value is -0.830. The van der Waals surface area contributed by atoms with E-state index in [1.807, 2.05) is 14.0 Å². The molecule has 2 fully saturated rings. The second-order valence-electron chi connectivity index (χ2n) is 6.54. The molecule has 2 aliphatic carbocycles. The minimum Gasteiger partial charge on any atom is -0.299 e. The van der Waals surface area contributed by atoms with Crippen molar-refractivity contribution < 1.29 is 4.79 Å². The third kappa shape index (κ3) is 2.52. The van der Waals surface area contributed by atoms with E-state index in [1.165, 1.54) is 25.7 Å². The van der Waals surface area contributed by atoms with Gasteiger partial charge in [0, 0.05) is 19.9 Å². The number of rotatable bonds is 5. The van der Waals surface area contributed by atoms with E-state index < -0.39 is 0 Å². The predicted molar refractivity (Wildman–Crippen MR) is 79.9 cm³/mol. The summed E-state index contributed by atoms with van der Waals surface area (Å²) in [5.74, 6) is 2.69. The van der Waals surface area contributed by atoms with Gasteiger partial charge in [0.15, 0.2) is 0 Å². The fraction of sp³-hybridized carbons (Fsp3) is 0.750. The molecule has 2 saturated carbocycles. The van der Waals surface area contributed by atoms with Crippen molar-refractivity contribution in [1.82, 2.24) is 9.78 Å². The van der Waals surface area contributed by atoms with E-state index in [2.05, 4.69) is 5.10 Å². The first-order valence-electron chi connectivity index (χ1n) is 7.80. The van der Waals surface area contributed by atoms with Crippen LogP contribution in [0.15, 0.2) is 0 Å². The van der Waals surface area contributed by atoms with E-state index in [9.17, 15) is 4.79 Å². The summed E-state index contributed by atoms with van der Waals surface area (Å²) >= 11 is 6.32. The van der Waals surface area contributed by atoms with Gasteiger partial charge >= 0.3 is 0 Å². The predicted octanol–water partition coefficient (Wildman–Crippen LogP) is 3.57. The normalized spacial score (nSPS) is 28.2. The number of nitrogens with zero attached hydrogens (tertiary/aromatic N) is 2. The maximum absolute atomic E-state index is 12.3. The average Bonchev–Trinajstić information content (AvgIpc) is 3.09. The summed E-state index contributed by atoms with van der Waals surface area (Å²) < 4.78 is 1.78. The zero-order valence-electron chi connectivity index (χ0n) is 12.4. The fourth-order valence-corrected chi connectivity index (χ4v) is 4.55. The molecule has 0 amide bonds. The third-order valence-electron chi connectivity index (χ3n) is 5.24. The van der Waals surface area contributed by atoms with Gasteiger partial charge in [-0.3, -0.25) is 9.48 Å². The summed E-state index contributed by atoms with van der Waals surface area (Å²) in [6.45, 7) is 2.04. The number of hydrogen-bond donors (Lipinski definition) is 0. The van der Waals surface area contributed by atoms with Crippen LogP contribution in [0, 0.1) is 17.8 Å². The van der Waals surface area contributed by atoms with Crippen molar-refractivity contribution in [1.29, 1.82) is 0 Å². The van der Waals surface area contributed by atoms with Crippen LogP contribution in [0.4, 0.5) is 0 Å². The van der Waals surface area contributed by atoms with Crippen molar-refractivity contribution in [2.45, 2.75) is 51.9 Å². The Morgan fingerprint density at radius 3 is 2.75 bits per heavy atom. The highest BCUT2D eigenvalue weighted by Gasteiger charge is 2.40. The standard InChI is InChI=1S/C16H23ClN2O/c1-3-14-16(17)15(19(2)18-14)9-13(20)8-12-7-10-4-5-11(12)6-10/h10-12H,3-9H2,1-2H3. The van der Waals surface area contributed by atoms with Gasteiger partial charge in [0.1, 0.15) is 5.78 Å². The molecule has 1 heterocycles. The molecule has 2 bridgehead atoms. The molecular formula is C16H23ClN2O. The monoisotopic (exact) mass is 294 g/mol. The van der Waals surface area contributed by atoms with Gasteiger partial charge in [-0.15, -0.1) is 0 Å². The fourth-order valence-electron chi connectivity index (χ4n) is 4.19. The molecule has 3 atom stereocenters. The van der Waals surface area contributed by atoms with E-state index in [4.69, 9.17) is 11.6 Å². The summed E-state index contributed by atoms with van der Waals surface area (Å²) in [4.78, 5) is 12.3. The molecule has 20 heavy (non-hydrogen) atoms. The van der Waals surface area contributed by atoms with Crippen LogP contribution < -0.4 is 0 Å². The van der Waals surface area contributed by atoms with Crippen molar-refractivity contribution in [2.75, 3.05) is 0 Å². The molecule has 0 radical (unpaired) electrons. The highest BCUT2D eigenvalue weighted by molar-refractivity contribution is 6.32. The topological polar surface area (TPSA) is 34.9 Å². The number of ketones is 1. The van der Waals surface area contributed by atoms with Crippen molar-refractivity contribution in [3.05, 3.63) is 16.4 Å². The number of carbonyl (C=O) groups excluding carboxylic acids is 1. The minimum atomic E-state index is 0.329. The maximum Gasteiger partial charge on any atom is 0.139 e. The second-order valence-corrected chi connectivity index (χ2v) is 6.92. The molecule has 0 aliphatic heterocycles. The van der Waals surface area contributed by atoms with Crippen LogP contribution in [0.2, 0.25) is 5.02 Å². The average molecular weight is 295 g/mol. The van der Waals surface area contributed by atoms with E-state index in [0.717, 1.165) is 36.1 Å². The maximum atomic E-state index is 12.3. The smallest absolute Gasteiger partial charge is 0.139 e. The van der Waals surface area contributed by atoms with Gasteiger partial charge in [0.2, 0.25) is 0 Å². The van der Waals surface area contributed by atoms with Crippen molar-refractivity contribution in [2.24, 2.45) is 24.8 Å². The highest BCUT2D eigenvalue weighted by atomic mass is 35.5. The number of aromatic nitrogens is 2. The molecule has 3 nitrogen and oxygen atoms in total. The van der Waals surface area contributed by atoms with Gasteiger partial charge in [-0.2, -0.15) is 5.10 Å². The molecule has 0 saturated heterocycles. The molecule has 0 aromatic carbocycles. The quantitative estimate of drug-likeness (QED) is 0.832. The van der Waals surface area contributed by atoms with Crippen LogP contribution in [0.3, 0.4) is 0 Å². The van der Waals surface area contributed by atoms with Crippen molar-refractivity contribution >= 4 is 17.4 Å². The Morgan fingerprint density at radius 2 is 2.20 bits per heavy atom. The molecule has 110 valence electrons. The lowest BCUT2D eigenvalue weighted by molar-refractivity contribution is -0.119. The Bertz CT molecular complexity index is 523. The summed E-state index contributed by atoms with van der Waals surface area (Å²) in [7, 11) is 1.88. The van der Waals surface area contributed by atoms with Crippen LogP contribution in [-0.4, -0.2) is 15.6 Å². The van der Waals surface area contributed by atoms with Crippen LogP contribution >= 0.6 is 11.6 Å². The number of halogens is 1. The number of aryl methyl sites for hydroxylation is 2. The molecule has 4 heteroatoms. The van der Waals surface area contributed by atoms with Gasteiger partial charge in [0.05, 0.1) is 16.4 Å².